The van der Waals surface area contributed by atoms with Gasteiger partial charge in [0.15, 0.2) is 11.5 Å². The highest BCUT2D eigenvalue weighted by Gasteiger charge is 2.37. The Morgan fingerprint density at radius 2 is 2.00 bits per heavy atom. The van der Waals surface area contributed by atoms with Gasteiger partial charge >= 0.3 is 0 Å². The van der Waals surface area contributed by atoms with Crippen LogP contribution in [0.2, 0.25) is 0 Å². The number of hydrogen-bond acceptors (Lipinski definition) is 3. The first-order valence-corrected chi connectivity index (χ1v) is 6.37. The highest BCUT2D eigenvalue weighted by atomic mass is 16.7. The maximum absolute atomic E-state index is 6.04. The zero-order chi connectivity index (χ0) is 11.9. The zero-order valence-corrected chi connectivity index (χ0v) is 10.3. The Kier molecular flexibility index (Phi) is 2.51. The van der Waals surface area contributed by atoms with E-state index >= 15 is 0 Å². The van der Waals surface area contributed by atoms with Gasteiger partial charge in [0.25, 0.3) is 0 Å². The molecule has 17 heavy (non-hydrogen) atoms. The average molecular weight is 233 g/mol. The summed E-state index contributed by atoms with van der Waals surface area (Å²) in [6, 6.07) is 4.21. The van der Waals surface area contributed by atoms with Crippen molar-refractivity contribution in [2.75, 3.05) is 13.3 Å². The standard InChI is InChI=1S/C14H19NO2/c1-10-11(14(8-15)6-2-3-7-14)4-5-12-13(10)17-9-16-12/h4-5H,2-3,6-9,15H2,1H3. The fourth-order valence-corrected chi connectivity index (χ4v) is 3.32. The minimum Gasteiger partial charge on any atom is -0.454 e. The number of hydrogen-bond donors (Lipinski definition) is 1. The number of fused-ring (bicyclic) bond motifs is 1. The molecule has 1 aromatic carbocycles. The summed E-state index contributed by atoms with van der Waals surface area (Å²) in [7, 11) is 0. The fraction of sp³-hybridized carbons (Fsp3) is 0.571. The normalized spacial score (nSPS) is 20.8. The van der Waals surface area contributed by atoms with Crippen molar-refractivity contribution in [3.8, 4) is 11.5 Å². The average Bonchev–Trinajstić information content (AvgIpc) is 2.98. The monoisotopic (exact) mass is 233 g/mol. The molecule has 3 rings (SSSR count). The van der Waals surface area contributed by atoms with E-state index < -0.39 is 0 Å². The van der Waals surface area contributed by atoms with Crippen molar-refractivity contribution in [3.05, 3.63) is 23.3 Å². The van der Waals surface area contributed by atoms with Gasteiger partial charge in [0.2, 0.25) is 6.79 Å². The van der Waals surface area contributed by atoms with Gasteiger partial charge in [-0.3, -0.25) is 0 Å². The molecule has 3 heteroatoms. The second kappa shape index (κ2) is 3.91. The number of benzene rings is 1. The van der Waals surface area contributed by atoms with Gasteiger partial charge in [0.1, 0.15) is 0 Å². The van der Waals surface area contributed by atoms with E-state index in [2.05, 4.69) is 13.0 Å². The highest BCUT2D eigenvalue weighted by Crippen LogP contribution is 2.46. The molecule has 0 atom stereocenters. The van der Waals surface area contributed by atoms with E-state index in [0.717, 1.165) is 18.0 Å². The summed E-state index contributed by atoms with van der Waals surface area (Å²) in [5.41, 5.74) is 8.79. The molecule has 0 bridgehead atoms. The molecule has 0 saturated heterocycles. The van der Waals surface area contributed by atoms with Gasteiger partial charge in [-0.2, -0.15) is 0 Å². The molecule has 0 aromatic heterocycles. The van der Waals surface area contributed by atoms with Crippen LogP contribution in [0.25, 0.3) is 0 Å². The lowest BCUT2D eigenvalue weighted by molar-refractivity contribution is 0.173. The Hall–Kier alpha value is -1.22. The van der Waals surface area contributed by atoms with E-state index in [1.165, 1.54) is 36.8 Å². The third-order valence-electron chi connectivity index (χ3n) is 4.31. The van der Waals surface area contributed by atoms with Crippen LogP contribution in [0.4, 0.5) is 0 Å². The Morgan fingerprint density at radius 1 is 1.24 bits per heavy atom. The van der Waals surface area contributed by atoms with Gasteiger partial charge in [-0.25, -0.2) is 0 Å². The summed E-state index contributed by atoms with van der Waals surface area (Å²) >= 11 is 0. The molecule has 0 unspecified atom stereocenters. The van der Waals surface area contributed by atoms with E-state index in [1.807, 2.05) is 6.07 Å². The summed E-state index contributed by atoms with van der Waals surface area (Å²) in [5.74, 6) is 1.79. The molecule has 1 saturated carbocycles. The molecular formula is C14H19NO2. The third-order valence-corrected chi connectivity index (χ3v) is 4.31. The molecule has 92 valence electrons. The predicted octanol–water partition coefficient (Wildman–Crippen LogP) is 2.49. The van der Waals surface area contributed by atoms with Gasteiger partial charge in [-0.05, 0) is 37.0 Å². The molecule has 1 aliphatic carbocycles. The van der Waals surface area contributed by atoms with Crippen LogP contribution in [-0.2, 0) is 5.41 Å². The summed E-state index contributed by atoms with van der Waals surface area (Å²) in [4.78, 5) is 0. The quantitative estimate of drug-likeness (QED) is 0.853. The minimum atomic E-state index is 0.172. The van der Waals surface area contributed by atoms with Crippen LogP contribution in [0.5, 0.6) is 11.5 Å². The highest BCUT2D eigenvalue weighted by molar-refractivity contribution is 5.53. The molecule has 1 heterocycles. The molecule has 1 aliphatic heterocycles. The Bertz CT molecular complexity index is 436. The van der Waals surface area contributed by atoms with E-state index in [-0.39, 0.29) is 5.41 Å². The van der Waals surface area contributed by atoms with Crippen LogP contribution < -0.4 is 15.2 Å². The number of ether oxygens (including phenoxy) is 2. The minimum absolute atomic E-state index is 0.172. The van der Waals surface area contributed by atoms with Gasteiger partial charge in [0.05, 0.1) is 0 Å². The van der Waals surface area contributed by atoms with Gasteiger partial charge in [-0.1, -0.05) is 18.9 Å². The lowest BCUT2D eigenvalue weighted by atomic mass is 9.76. The lowest BCUT2D eigenvalue weighted by Gasteiger charge is -2.30. The molecular weight excluding hydrogens is 214 g/mol. The van der Waals surface area contributed by atoms with Crippen LogP contribution in [0.1, 0.15) is 36.8 Å². The molecule has 0 radical (unpaired) electrons. The summed E-state index contributed by atoms with van der Waals surface area (Å²) in [6.07, 6.45) is 4.96. The van der Waals surface area contributed by atoms with E-state index in [0.29, 0.717) is 6.79 Å². The summed E-state index contributed by atoms with van der Waals surface area (Å²) in [6.45, 7) is 3.20. The van der Waals surface area contributed by atoms with Gasteiger partial charge in [0, 0.05) is 12.0 Å². The van der Waals surface area contributed by atoms with Crippen molar-refractivity contribution >= 4 is 0 Å². The largest absolute Gasteiger partial charge is 0.454 e. The first kappa shape index (κ1) is 10.9. The Morgan fingerprint density at radius 3 is 2.71 bits per heavy atom. The zero-order valence-electron chi connectivity index (χ0n) is 10.3. The summed E-state index contributed by atoms with van der Waals surface area (Å²) in [5, 5.41) is 0. The Labute approximate surface area is 102 Å². The van der Waals surface area contributed by atoms with Gasteiger partial charge < -0.3 is 15.2 Å². The third kappa shape index (κ3) is 1.53. The molecule has 3 nitrogen and oxygen atoms in total. The van der Waals surface area contributed by atoms with Crippen molar-refractivity contribution in [1.82, 2.24) is 0 Å². The van der Waals surface area contributed by atoms with Crippen LogP contribution in [0.3, 0.4) is 0 Å². The van der Waals surface area contributed by atoms with Crippen LogP contribution in [0, 0.1) is 6.92 Å². The number of rotatable bonds is 2. The van der Waals surface area contributed by atoms with E-state index in [4.69, 9.17) is 15.2 Å². The van der Waals surface area contributed by atoms with Crippen molar-refractivity contribution in [1.29, 1.82) is 0 Å². The SMILES string of the molecule is Cc1c(C2(CN)CCCC2)ccc2c1OCO2. The predicted molar refractivity (Wildman–Crippen MR) is 66.5 cm³/mol. The second-order valence-electron chi connectivity index (χ2n) is 5.16. The molecule has 1 aromatic rings. The maximum Gasteiger partial charge on any atom is 0.231 e. The fourth-order valence-electron chi connectivity index (χ4n) is 3.32. The molecule has 2 aliphatic rings. The maximum atomic E-state index is 6.04. The smallest absolute Gasteiger partial charge is 0.231 e. The van der Waals surface area contributed by atoms with Crippen molar-refractivity contribution in [2.24, 2.45) is 5.73 Å². The molecule has 0 spiro atoms. The van der Waals surface area contributed by atoms with E-state index in [9.17, 15) is 0 Å². The molecule has 0 amide bonds. The molecule has 2 N–H and O–H groups in total. The topological polar surface area (TPSA) is 44.5 Å². The van der Waals surface area contributed by atoms with Crippen LogP contribution in [0.15, 0.2) is 12.1 Å². The number of nitrogens with two attached hydrogens (primary N) is 1. The van der Waals surface area contributed by atoms with Crippen LogP contribution >= 0.6 is 0 Å². The van der Waals surface area contributed by atoms with Crippen molar-refractivity contribution < 1.29 is 9.47 Å². The van der Waals surface area contributed by atoms with E-state index in [1.54, 1.807) is 0 Å². The van der Waals surface area contributed by atoms with Crippen molar-refractivity contribution in [3.63, 3.8) is 0 Å². The molecule has 1 fully saturated rings. The van der Waals surface area contributed by atoms with Gasteiger partial charge in [-0.15, -0.1) is 0 Å². The summed E-state index contributed by atoms with van der Waals surface area (Å²) < 4.78 is 11.0. The second-order valence-corrected chi connectivity index (χ2v) is 5.16. The lowest BCUT2D eigenvalue weighted by Crippen LogP contribution is -2.32. The van der Waals surface area contributed by atoms with Crippen molar-refractivity contribution in [2.45, 2.75) is 38.0 Å². The van der Waals surface area contributed by atoms with Crippen LogP contribution in [-0.4, -0.2) is 13.3 Å². The first-order chi connectivity index (χ1) is 8.27. The Balaban J connectivity index is 2.09. The first-order valence-electron chi connectivity index (χ1n) is 6.37.